The molecule has 2 aromatic rings. The molecule has 0 saturated heterocycles. The van der Waals surface area contributed by atoms with Crippen molar-refractivity contribution in [3.8, 4) is 5.75 Å². The molecule has 140 valence electrons. The molecule has 2 rings (SSSR count). The van der Waals surface area contributed by atoms with Crippen molar-refractivity contribution in [3.05, 3.63) is 51.2 Å². The van der Waals surface area contributed by atoms with Gasteiger partial charge in [-0.1, -0.05) is 34.8 Å². The Bertz CT molecular complexity index is 808. The first-order valence-corrected chi connectivity index (χ1v) is 8.24. The monoisotopic (exact) mass is 528 g/mol. The summed E-state index contributed by atoms with van der Waals surface area (Å²) < 4.78 is 7.09. The fourth-order valence-corrected chi connectivity index (χ4v) is 2.73. The van der Waals surface area contributed by atoms with Crippen LogP contribution in [0.3, 0.4) is 0 Å². The Morgan fingerprint density at radius 1 is 1.27 bits per heavy atom. The van der Waals surface area contributed by atoms with Crippen LogP contribution in [0.25, 0.3) is 0 Å². The molecule has 0 saturated carbocycles. The number of carbonyl (C=O) groups excluding carboxylic acids is 1. The third-order valence-corrected chi connectivity index (χ3v) is 3.94. The van der Waals surface area contributed by atoms with Crippen molar-refractivity contribution in [3.63, 3.8) is 0 Å². The van der Waals surface area contributed by atoms with Crippen LogP contribution in [-0.4, -0.2) is 31.3 Å². The van der Waals surface area contributed by atoms with E-state index >= 15 is 0 Å². The van der Waals surface area contributed by atoms with Crippen molar-refractivity contribution in [2.45, 2.75) is 0 Å². The van der Waals surface area contributed by atoms with Crippen molar-refractivity contribution in [2.24, 2.45) is 12.1 Å². The number of pyridine rings is 1. The zero-order valence-electron chi connectivity index (χ0n) is 14.1. The number of aryl methyl sites for hydroxylation is 1. The van der Waals surface area contributed by atoms with Gasteiger partial charge < -0.3 is 33.6 Å². The molecule has 0 spiro atoms. The highest BCUT2D eigenvalue weighted by Gasteiger charge is 2.17. The molecule has 26 heavy (non-hydrogen) atoms. The van der Waals surface area contributed by atoms with Gasteiger partial charge in [-0.3, -0.25) is 5.43 Å². The second-order valence-electron chi connectivity index (χ2n) is 5.25. The van der Waals surface area contributed by atoms with E-state index < -0.39 is 6.09 Å². The molecule has 10 heteroatoms. The molecule has 6 nitrogen and oxygen atoms in total. The number of nitrogens with zero attached hydrogens (tertiary/aromatic N) is 3. The van der Waals surface area contributed by atoms with Crippen molar-refractivity contribution < 1.29 is 38.1 Å². The number of ether oxygens (including phenoxy) is 1. The lowest BCUT2D eigenvalue weighted by molar-refractivity contribution is -0.672. The molecule has 0 radical (unpaired) electrons. The molecular formula is C16H16Cl3IN4O2. The molecule has 0 bridgehead atoms. The van der Waals surface area contributed by atoms with Crippen molar-refractivity contribution in [1.82, 2.24) is 4.90 Å². The van der Waals surface area contributed by atoms with Crippen LogP contribution in [0.15, 0.2) is 35.6 Å². The molecule has 0 unspecified atom stereocenters. The number of hydrogen-bond donors (Lipinski definition) is 1. The van der Waals surface area contributed by atoms with Crippen LogP contribution in [0.5, 0.6) is 5.75 Å². The summed E-state index contributed by atoms with van der Waals surface area (Å²) in [6.07, 6.45) is 2.81. The Morgan fingerprint density at radius 3 is 2.46 bits per heavy atom. The number of amides is 1. The van der Waals surface area contributed by atoms with Gasteiger partial charge in [-0.2, -0.15) is 9.67 Å². The normalized spacial score (nSPS) is 10.4. The quantitative estimate of drug-likeness (QED) is 0.278. The van der Waals surface area contributed by atoms with Crippen LogP contribution >= 0.6 is 34.8 Å². The van der Waals surface area contributed by atoms with Gasteiger partial charge >= 0.3 is 6.09 Å². The number of carbonyl (C=O) groups is 1. The Balaban J connectivity index is 0.00000338. The number of anilines is 1. The van der Waals surface area contributed by atoms with Gasteiger partial charge in [0.25, 0.3) is 5.69 Å². The van der Waals surface area contributed by atoms with E-state index in [2.05, 4.69) is 10.5 Å². The van der Waals surface area contributed by atoms with Crippen LogP contribution in [0, 0.1) is 0 Å². The Labute approximate surface area is 183 Å². The first-order valence-electron chi connectivity index (χ1n) is 7.11. The van der Waals surface area contributed by atoms with E-state index in [4.69, 9.17) is 39.5 Å². The molecule has 0 fully saturated rings. The molecule has 0 aliphatic heterocycles. The van der Waals surface area contributed by atoms with Crippen molar-refractivity contribution >= 4 is 52.8 Å². The summed E-state index contributed by atoms with van der Waals surface area (Å²) in [5.74, 6) is 0.363. The summed E-state index contributed by atoms with van der Waals surface area (Å²) in [6.45, 7) is 0. The van der Waals surface area contributed by atoms with Gasteiger partial charge in [0.15, 0.2) is 6.20 Å². The molecule has 0 aliphatic rings. The van der Waals surface area contributed by atoms with E-state index in [0.717, 1.165) is 0 Å². The fraction of sp³-hybridized carbons (Fsp3) is 0.188. The lowest BCUT2D eigenvalue weighted by Crippen LogP contribution is -3.00. The van der Waals surface area contributed by atoms with Gasteiger partial charge in [0.2, 0.25) is 5.75 Å². The lowest BCUT2D eigenvalue weighted by Gasteiger charge is -2.11. The summed E-state index contributed by atoms with van der Waals surface area (Å²) in [5, 5.41) is 5.23. The van der Waals surface area contributed by atoms with Crippen LogP contribution < -0.4 is 38.7 Å². The lowest BCUT2D eigenvalue weighted by atomic mass is 10.3. The predicted octanol–water partition coefficient (Wildman–Crippen LogP) is 0.982. The van der Waals surface area contributed by atoms with E-state index in [1.165, 1.54) is 11.1 Å². The minimum absolute atomic E-state index is 0. The topological polar surface area (TPSA) is 57.8 Å². The van der Waals surface area contributed by atoms with E-state index in [1.807, 2.05) is 0 Å². The Hall–Kier alpha value is -1.29. The maximum atomic E-state index is 11.8. The molecule has 1 aromatic heterocycles. The average Bonchev–Trinajstić information content (AvgIpc) is 2.51. The summed E-state index contributed by atoms with van der Waals surface area (Å²) in [7, 11) is 5.01. The standard InChI is InChI=1S/C16H15Cl3N4O2.HI/c1-22(2)16(24)25-14-5-4-6-23(3)13(14)9-20-21-15-11(18)7-10(17)8-12(15)19;/h4-9H,1-3H3;1H. The molecule has 1 N–H and O–H groups in total. The molecule has 1 heterocycles. The van der Waals surface area contributed by atoms with Gasteiger partial charge in [-0.15, -0.1) is 0 Å². The largest absolute Gasteiger partial charge is 1.00 e. The van der Waals surface area contributed by atoms with Crippen molar-refractivity contribution in [1.29, 1.82) is 0 Å². The van der Waals surface area contributed by atoms with Crippen LogP contribution in [-0.2, 0) is 7.05 Å². The third-order valence-electron chi connectivity index (χ3n) is 3.12. The summed E-state index contributed by atoms with van der Waals surface area (Å²) >= 11 is 18.1. The van der Waals surface area contributed by atoms with E-state index in [1.54, 1.807) is 56.2 Å². The second kappa shape index (κ2) is 10.1. The predicted molar refractivity (Wildman–Crippen MR) is 100 cm³/mol. The number of halogens is 4. The first-order chi connectivity index (χ1) is 11.8. The summed E-state index contributed by atoms with van der Waals surface area (Å²) in [6, 6.07) is 6.54. The van der Waals surface area contributed by atoms with Crippen LogP contribution in [0.2, 0.25) is 15.1 Å². The average molecular weight is 530 g/mol. The molecular weight excluding hydrogens is 513 g/mol. The highest BCUT2D eigenvalue weighted by molar-refractivity contribution is 6.41. The number of hydrogen-bond acceptors (Lipinski definition) is 4. The number of aromatic nitrogens is 1. The Kier molecular flexibility index (Phi) is 8.88. The van der Waals surface area contributed by atoms with E-state index in [-0.39, 0.29) is 24.0 Å². The van der Waals surface area contributed by atoms with Gasteiger partial charge in [-0.05, 0) is 18.2 Å². The zero-order valence-corrected chi connectivity index (χ0v) is 18.6. The van der Waals surface area contributed by atoms with Gasteiger partial charge in [-0.25, -0.2) is 4.79 Å². The summed E-state index contributed by atoms with van der Waals surface area (Å²) in [4.78, 5) is 13.1. The number of rotatable bonds is 4. The third kappa shape index (κ3) is 5.87. The number of hydrazone groups is 1. The minimum atomic E-state index is -0.488. The molecule has 1 amide bonds. The summed E-state index contributed by atoms with van der Waals surface area (Å²) in [5.41, 5.74) is 3.77. The zero-order chi connectivity index (χ0) is 18.6. The van der Waals surface area contributed by atoms with Crippen molar-refractivity contribution in [2.75, 3.05) is 19.5 Å². The first kappa shape index (κ1) is 22.8. The molecule has 1 aromatic carbocycles. The number of nitrogens with one attached hydrogen (secondary N) is 1. The second-order valence-corrected chi connectivity index (χ2v) is 6.50. The molecule has 0 atom stereocenters. The highest BCUT2D eigenvalue weighted by atomic mass is 127. The minimum Gasteiger partial charge on any atom is -1.00 e. The smallest absolute Gasteiger partial charge is 0.414 e. The van der Waals surface area contributed by atoms with E-state index in [0.29, 0.717) is 32.2 Å². The van der Waals surface area contributed by atoms with Gasteiger partial charge in [0.1, 0.15) is 13.3 Å². The fourth-order valence-electron chi connectivity index (χ4n) is 1.83. The SMILES string of the molecule is CN(C)C(=O)Oc1ccc[n+](C)c1/C=N/Nc1c(Cl)cc(Cl)cc1Cl.[I-]. The highest BCUT2D eigenvalue weighted by Crippen LogP contribution is 2.33. The maximum absolute atomic E-state index is 11.8. The number of benzene rings is 1. The van der Waals surface area contributed by atoms with Crippen LogP contribution in [0.4, 0.5) is 10.5 Å². The maximum Gasteiger partial charge on any atom is 0.414 e. The van der Waals surface area contributed by atoms with Gasteiger partial charge in [0.05, 0.1) is 15.7 Å². The van der Waals surface area contributed by atoms with E-state index in [9.17, 15) is 4.79 Å². The van der Waals surface area contributed by atoms with Crippen LogP contribution in [0.1, 0.15) is 5.69 Å². The Morgan fingerprint density at radius 2 is 1.88 bits per heavy atom. The van der Waals surface area contributed by atoms with Gasteiger partial charge in [0, 0.05) is 25.2 Å². The molecule has 0 aliphatic carbocycles.